The lowest BCUT2D eigenvalue weighted by Crippen LogP contribution is -2.12. The molecule has 2 rings (SSSR count). The van der Waals surface area contributed by atoms with Crippen LogP contribution in [0.25, 0.3) is 0 Å². The van der Waals surface area contributed by atoms with Crippen LogP contribution in [0.3, 0.4) is 0 Å². The lowest BCUT2D eigenvalue weighted by molar-refractivity contribution is 0.345. The number of hydrogen-bond acceptors (Lipinski definition) is 2. The van der Waals surface area contributed by atoms with Crippen LogP contribution >= 0.6 is 11.8 Å². The van der Waals surface area contributed by atoms with E-state index in [0.717, 1.165) is 12.5 Å². The topological polar surface area (TPSA) is 12.0 Å². The Bertz CT molecular complexity index is 331. The molecule has 0 saturated heterocycles. The van der Waals surface area contributed by atoms with Crippen LogP contribution in [0.1, 0.15) is 38.5 Å². The van der Waals surface area contributed by atoms with Crippen molar-refractivity contribution in [1.82, 2.24) is 0 Å². The van der Waals surface area contributed by atoms with Gasteiger partial charge in [0.1, 0.15) is 0 Å². The Kier molecular flexibility index (Phi) is 5.24. The van der Waals surface area contributed by atoms with Crippen molar-refractivity contribution in [3.05, 3.63) is 24.3 Å². The summed E-state index contributed by atoms with van der Waals surface area (Å²) in [4.78, 5) is 1.36. The molecule has 0 amide bonds. The van der Waals surface area contributed by atoms with Gasteiger partial charge in [0.15, 0.2) is 0 Å². The standard InChI is InChI=1S/C15H23NS/c1-17-15-10-6-5-9-14(15)16-12-11-13-7-3-2-4-8-13/h5-6,9-10,13,16H,2-4,7-8,11-12H2,1H3. The summed E-state index contributed by atoms with van der Waals surface area (Å²) in [5, 5.41) is 3.59. The van der Waals surface area contributed by atoms with E-state index in [1.54, 1.807) is 0 Å². The highest BCUT2D eigenvalue weighted by atomic mass is 32.2. The molecule has 1 nitrogen and oxygen atoms in total. The first-order chi connectivity index (χ1) is 8.40. The second-order valence-corrected chi connectivity index (χ2v) is 5.77. The van der Waals surface area contributed by atoms with Crippen molar-refractivity contribution < 1.29 is 0 Å². The summed E-state index contributed by atoms with van der Waals surface area (Å²) < 4.78 is 0. The molecule has 1 fully saturated rings. The number of para-hydroxylation sites is 1. The van der Waals surface area contributed by atoms with Crippen LogP contribution in [0.4, 0.5) is 5.69 Å². The Hall–Kier alpha value is -0.630. The molecule has 94 valence electrons. The first-order valence-corrected chi connectivity index (χ1v) is 7.99. The zero-order chi connectivity index (χ0) is 11.9. The van der Waals surface area contributed by atoms with Crippen molar-refractivity contribution in [3.63, 3.8) is 0 Å². The van der Waals surface area contributed by atoms with E-state index in [1.165, 1.54) is 49.1 Å². The molecule has 0 aromatic heterocycles. The average molecular weight is 249 g/mol. The van der Waals surface area contributed by atoms with Gasteiger partial charge in [-0.05, 0) is 30.7 Å². The van der Waals surface area contributed by atoms with Gasteiger partial charge in [-0.3, -0.25) is 0 Å². The maximum Gasteiger partial charge on any atom is 0.0478 e. The van der Waals surface area contributed by atoms with E-state index in [2.05, 4.69) is 35.8 Å². The molecule has 1 saturated carbocycles. The van der Waals surface area contributed by atoms with Crippen LogP contribution in [-0.4, -0.2) is 12.8 Å². The van der Waals surface area contributed by atoms with E-state index in [0.29, 0.717) is 0 Å². The molecule has 1 aliphatic carbocycles. The zero-order valence-electron chi connectivity index (χ0n) is 10.7. The molecule has 0 atom stereocenters. The van der Waals surface area contributed by atoms with Crippen LogP contribution in [0.15, 0.2) is 29.2 Å². The highest BCUT2D eigenvalue weighted by Crippen LogP contribution is 2.28. The highest BCUT2D eigenvalue weighted by Gasteiger charge is 2.12. The van der Waals surface area contributed by atoms with Crippen molar-refractivity contribution in [1.29, 1.82) is 0 Å². The highest BCUT2D eigenvalue weighted by molar-refractivity contribution is 7.98. The summed E-state index contributed by atoms with van der Waals surface area (Å²) in [5.74, 6) is 0.970. The van der Waals surface area contributed by atoms with Crippen LogP contribution in [-0.2, 0) is 0 Å². The molecule has 1 aromatic carbocycles. The zero-order valence-corrected chi connectivity index (χ0v) is 11.6. The number of anilines is 1. The molecule has 0 unspecified atom stereocenters. The SMILES string of the molecule is CSc1ccccc1NCCC1CCCCC1. The van der Waals surface area contributed by atoms with E-state index in [4.69, 9.17) is 0 Å². The predicted octanol–water partition coefficient (Wildman–Crippen LogP) is 4.79. The monoisotopic (exact) mass is 249 g/mol. The molecular formula is C15H23NS. The van der Waals surface area contributed by atoms with Crippen molar-refractivity contribution >= 4 is 17.4 Å². The van der Waals surface area contributed by atoms with E-state index < -0.39 is 0 Å². The Morgan fingerprint density at radius 3 is 2.71 bits per heavy atom. The molecule has 0 spiro atoms. The summed E-state index contributed by atoms with van der Waals surface area (Å²) in [6.07, 6.45) is 10.7. The van der Waals surface area contributed by atoms with Gasteiger partial charge >= 0.3 is 0 Å². The first-order valence-electron chi connectivity index (χ1n) is 6.77. The van der Waals surface area contributed by atoms with Gasteiger partial charge in [-0.2, -0.15) is 0 Å². The molecule has 0 bridgehead atoms. The van der Waals surface area contributed by atoms with Gasteiger partial charge in [-0.25, -0.2) is 0 Å². The fraction of sp³-hybridized carbons (Fsp3) is 0.600. The Morgan fingerprint density at radius 1 is 1.18 bits per heavy atom. The molecule has 0 aliphatic heterocycles. The van der Waals surface area contributed by atoms with Gasteiger partial charge in [-0.1, -0.05) is 44.2 Å². The molecule has 1 aromatic rings. The third-order valence-electron chi connectivity index (χ3n) is 3.70. The van der Waals surface area contributed by atoms with E-state index in [-0.39, 0.29) is 0 Å². The van der Waals surface area contributed by atoms with Gasteiger partial charge in [0, 0.05) is 17.1 Å². The van der Waals surface area contributed by atoms with Gasteiger partial charge in [0.25, 0.3) is 0 Å². The maximum absolute atomic E-state index is 3.59. The predicted molar refractivity (Wildman–Crippen MR) is 77.9 cm³/mol. The van der Waals surface area contributed by atoms with Crippen LogP contribution < -0.4 is 5.32 Å². The van der Waals surface area contributed by atoms with E-state index >= 15 is 0 Å². The van der Waals surface area contributed by atoms with Gasteiger partial charge < -0.3 is 5.32 Å². The summed E-state index contributed by atoms with van der Waals surface area (Å²) >= 11 is 1.82. The third-order valence-corrected chi connectivity index (χ3v) is 4.50. The van der Waals surface area contributed by atoms with Crippen LogP contribution in [0, 0.1) is 5.92 Å². The van der Waals surface area contributed by atoms with Gasteiger partial charge in [-0.15, -0.1) is 11.8 Å². The second kappa shape index (κ2) is 6.95. The average Bonchev–Trinajstić information content (AvgIpc) is 2.40. The second-order valence-electron chi connectivity index (χ2n) is 4.92. The van der Waals surface area contributed by atoms with Gasteiger partial charge in [0.2, 0.25) is 0 Å². The number of rotatable bonds is 5. The molecule has 1 aliphatic rings. The van der Waals surface area contributed by atoms with Crippen molar-refractivity contribution in [2.24, 2.45) is 5.92 Å². The number of hydrogen-bond donors (Lipinski definition) is 1. The number of benzene rings is 1. The molecular weight excluding hydrogens is 226 g/mol. The molecule has 0 radical (unpaired) electrons. The van der Waals surface area contributed by atoms with Gasteiger partial charge in [0.05, 0.1) is 0 Å². The lowest BCUT2D eigenvalue weighted by atomic mass is 9.87. The fourth-order valence-electron chi connectivity index (χ4n) is 2.68. The number of nitrogens with one attached hydrogen (secondary N) is 1. The van der Waals surface area contributed by atoms with Crippen molar-refractivity contribution in [2.45, 2.75) is 43.4 Å². The van der Waals surface area contributed by atoms with Crippen LogP contribution in [0.5, 0.6) is 0 Å². The Morgan fingerprint density at radius 2 is 1.94 bits per heavy atom. The van der Waals surface area contributed by atoms with Crippen molar-refractivity contribution in [2.75, 3.05) is 18.1 Å². The minimum Gasteiger partial charge on any atom is -0.384 e. The minimum absolute atomic E-state index is 0.970. The summed E-state index contributed by atoms with van der Waals surface area (Å²) in [6, 6.07) is 8.60. The quantitative estimate of drug-likeness (QED) is 0.753. The summed E-state index contributed by atoms with van der Waals surface area (Å²) in [5.41, 5.74) is 1.30. The van der Waals surface area contributed by atoms with E-state index in [9.17, 15) is 0 Å². The molecule has 0 heterocycles. The fourth-order valence-corrected chi connectivity index (χ4v) is 3.25. The van der Waals surface area contributed by atoms with Crippen LogP contribution in [0.2, 0.25) is 0 Å². The largest absolute Gasteiger partial charge is 0.384 e. The molecule has 17 heavy (non-hydrogen) atoms. The smallest absolute Gasteiger partial charge is 0.0478 e. The van der Waals surface area contributed by atoms with E-state index in [1.807, 2.05) is 11.8 Å². The normalized spacial score (nSPS) is 17.0. The molecule has 1 N–H and O–H groups in total. The third kappa shape index (κ3) is 3.95. The minimum atomic E-state index is 0.970. The lowest BCUT2D eigenvalue weighted by Gasteiger charge is -2.22. The molecule has 2 heteroatoms. The summed E-state index contributed by atoms with van der Waals surface area (Å²) in [7, 11) is 0. The summed E-state index contributed by atoms with van der Waals surface area (Å²) in [6.45, 7) is 1.13. The first kappa shape index (κ1) is 12.8. The Labute approximate surface area is 109 Å². The van der Waals surface area contributed by atoms with Crippen molar-refractivity contribution in [3.8, 4) is 0 Å². The number of thioether (sulfide) groups is 1. The Balaban J connectivity index is 1.77. The maximum atomic E-state index is 3.59.